The zero-order valence-electron chi connectivity index (χ0n) is 12.0. The molecule has 0 radical (unpaired) electrons. The van der Waals surface area contributed by atoms with E-state index in [0.717, 1.165) is 19.6 Å². The monoisotopic (exact) mass is 246 g/mol. The van der Waals surface area contributed by atoms with Gasteiger partial charge in [0.1, 0.15) is 0 Å². The summed E-state index contributed by atoms with van der Waals surface area (Å²) in [5.74, 6) is 0. The first-order valence-electron chi connectivity index (χ1n) is 7.26. The lowest BCUT2D eigenvalue weighted by Crippen LogP contribution is -2.47. The van der Waals surface area contributed by atoms with Gasteiger partial charge in [0.05, 0.1) is 0 Å². The van der Waals surface area contributed by atoms with E-state index in [2.05, 4.69) is 55.3 Å². The van der Waals surface area contributed by atoms with Gasteiger partial charge in [-0.2, -0.15) is 0 Å². The van der Waals surface area contributed by atoms with Crippen LogP contribution in [-0.4, -0.2) is 18.6 Å². The van der Waals surface area contributed by atoms with E-state index >= 15 is 0 Å². The fourth-order valence-electron chi connectivity index (χ4n) is 2.61. The van der Waals surface area contributed by atoms with Crippen molar-refractivity contribution in [2.45, 2.75) is 52.1 Å². The van der Waals surface area contributed by atoms with Crippen LogP contribution in [0.25, 0.3) is 0 Å². The van der Waals surface area contributed by atoms with Gasteiger partial charge in [-0.3, -0.25) is 0 Å². The molecule has 0 saturated heterocycles. The van der Waals surface area contributed by atoms with Crippen LogP contribution in [0.2, 0.25) is 0 Å². The Hall–Kier alpha value is -1.02. The average molecular weight is 246 g/mol. The van der Waals surface area contributed by atoms with Crippen molar-refractivity contribution in [1.29, 1.82) is 0 Å². The van der Waals surface area contributed by atoms with E-state index in [1.165, 1.54) is 30.5 Å². The van der Waals surface area contributed by atoms with E-state index in [1.807, 2.05) is 0 Å². The van der Waals surface area contributed by atoms with Crippen molar-refractivity contribution in [2.75, 3.05) is 18.0 Å². The van der Waals surface area contributed by atoms with Crippen LogP contribution < -0.4 is 10.2 Å². The van der Waals surface area contributed by atoms with Crippen molar-refractivity contribution in [3.8, 4) is 0 Å². The molecule has 1 N–H and O–H groups in total. The zero-order chi connectivity index (χ0) is 13.0. The summed E-state index contributed by atoms with van der Waals surface area (Å²) in [6.45, 7) is 9.89. The molecule has 1 aliphatic rings. The van der Waals surface area contributed by atoms with E-state index in [9.17, 15) is 0 Å². The molecule has 1 aromatic rings. The molecule has 0 aromatic heterocycles. The third-order valence-corrected chi connectivity index (χ3v) is 4.24. The van der Waals surface area contributed by atoms with Gasteiger partial charge in [-0.05, 0) is 57.7 Å². The Kier molecular flexibility index (Phi) is 4.28. The van der Waals surface area contributed by atoms with E-state index in [4.69, 9.17) is 0 Å². The van der Waals surface area contributed by atoms with Gasteiger partial charge in [0.15, 0.2) is 0 Å². The van der Waals surface area contributed by atoms with Crippen LogP contribution in [0.4, 0.5) is 5.69 Å². The molecule has 1 fully saturated rings. The lowest BCUT2D eigenvalue weighted by atomic mass is 9.78. The van der Waals surface area contributed by atoms with Crippen molar-refractivity contribution < 1.29 is 0 Å². The maximum absolute atomic E-state index is 3.67. The summed E-state index contributed by atoms with van der Waals surface area (Å²) < 4.78 is 0. The van der Waals surface area contributed by atoms with Crippen LogP contribution in [0.5, 0.6) is 0 Å². The summed E-state index contributed by atoms with van der Waals surface area (Å²) in [7, 11) is 0. The van der Waals surface area contributed by atoms with Crippen LogP contribution in [0.15, 0.2) is 24.3 Å². The second-order valence-electron chi connectivity index (χ2n) is 5.61. The predicted molar refractivity (Wildman–Crippen MR) is 79.1 cm³/mol. The largest absolute Gasteiger partial charge is 0.372 e. The minimum Gasteiger partial charge on any atom is -0.372 e. The summed E-state index contributed by atoms with van der Waals surface area (Å²) in [5, 5.41) is 3.67. The molecule has 0 amide bonds. The second kappa shape index (κ2) is 5.75. The minimum atomic E-state index is 0.400. The van der Waals surface area contributed by atoms with Gasteiger partial charge in [-0.1, -0.05) is 12.1 Å². The summed E-state index contributed by atoms with van der Waals surface area (Å²) in [6.07, 6.45) is 4.03. The van der Waals surface area contributed by atoms with Crippen LogP contribution in [0, 0.1) is 0 Å². The Bertz CT molecular complexity index is 361. The number of benzene rings is 1. The standard InChI is InChI=1S/C16H26N2/c1-4-18(5-2)15-9-7-14(8-10-15)13-17-16(3)11-6-12-16/h7-10,17H,4-6,11-13H2,1-3H3. The molecule has 1 saturated carbocycles. The molecule has 0 aliphatic heterocycles. The number of nitrogens with one attached hydrogen (secondary N) is 1. The zero-order valence-corrected chi connectivity index (χ0v) is 12.0. The smallest absolute Gasteiger partial charge is 0.0366 e. The molecule has 1 aromatic carbocycles. The molecule has 0 spiro atoms. The van der Waals surface area contributed by atoms with Crippen molar-refractivity contribution in [3.63, 3.8) is 0 Å². The first-order chi connectivity index (χ1) is 8.67. The number of hydrogen-bond donors (Lipinski definition) is 1. The molecule has 0 atom stereocenters. The lowest BCUT2D eigenvalue weighted by molar-refractivity contribution is 0.207. The molecule has 1 aliphatic carbocycles. The fourth-order valence-corrected chi connectivity index (χ4v) is 2.61. The number of anilines is 1. The summed E-state index contributed by atoms with van der Waals surface area (Å²) in [4.78, 5) is 2.38. The molecule has 0 bridgehead atoms. The molecule has 18 heavy (non-hydrogen) atoms. The highest BCUT2D eigenvalue weighted by Crippen LogP contribution is 2.31. The number of hydrogen-bond acceptors (Lipinski definition) is 2. The molecular formula is C16H26N2. The van der Waals surface area contributed by atoms with Crippen LogP contribution >= 0.6 is 0 Å². The first-order valence-corrected chi connectivity index (χ1v) is 7.26. The molecule has 0 heterocycles. The van der Waals surface area contributed by atoms with Crippen molar-refractivity contribution in [3.05, 3.63) is 29.8 Å². The maximum atomic E-state index is 3.67. The predicted octanol–water partition coefficient (Wildman–Crippen LogP) is 3.57. The van der Waals surface area contributed by atoms with Crippen LogP contribution in [-0.2, 0) is 6.54 Å². The first kappa shape index (κ1) is 13.4. The van der Waals surface area contributed by atoms with E-state index in [0.29, 0.717) is 5.54 Å². The Morgan fingerprint density at radius 3 is 2.17 bits per heavy atom. The van der Waals surface area contributed by atoms with Gasteiger partial charge in [-0.25, -0.2) is 0 Å². The Morgan fingerprint density at radius 1 is 1.11 bits per heavy atom. The summed E-state index contributed by atoms with van der Waals surface area (Å²) >= 11 is 0. The van der Waals surface area contributed by atoms with Gasteiger partial charge >= 0.3 is 0 Å². The third-order valence-electron chi connectivity index (χ3n) is 4.24. The Morgan fingerprint density at radius 2 is 1.72 bits per heavy atom. The highest BCUT2D eigenvalue weighted by molar-refractivity contribution is 5.47. The Labute approximate surface area is 111 Å². The number of nitrogens with zero attached hydrogens (tertiary/aromatic N) is 1. The van der Waals surface area contributed by atoms with Crippen molar-refractivity contribution >= 4 is 5.69 Å². The van der Waals surface area contributed by atoms with Gasteiger partial charge < -0.3 is 10.2 Å². The molecule has 2 rings (SSSR count). The molecular weight excluding hydrogens is 220 g/mol. The number of rotatable bonds is 6. The Balaban J connectivity index is 1.91. The van der Waals surface area contributed by atoms with Crippen LogP contribution in [0.3, 0.4) is 0 Å². The third kappa shape index (κ3) is 3.05. The van der Waals surface area contributed by atoms with Crippen molar-refractivity contribution in [1.82, 2.24) is 5.32 Å². The highest BCUT2D eigenvalue weighted by Gasteiger charge is 2.30. The quantitative estimate of drug-likeness (QED) is 0.825. The van der Waals surface area contributed by atoms with Crippen molar-refractivity contribution in [2.24, 2.45) is 0 Å². The van der Waals surface area contributed by atoms with Gasteiger partial charge in [0.25, 0.3) is 0 Å². The van der Waals surface area contributed by atoms with E-state index in [1.54, 1.807) is 0 Å². The second-order valence-corrected chi connectivity index (χ2v) is 5.61. The maximum Gasteiger partial charge on any atom is 0.0366 e. The van der Waals surface area contributed by atoms with E-state index < -0.39 is 0 Å². The SMILES string of the molecule is CCN(CC)c1ccc(CNC2(C)CCC2)cc1. The van der Waals surface area contributed by atoms with Crippen LogP contribution in [0.1, 0.15) is 45.6 Å². The minimum absolute atomic E-state index is 0.400. The summed E-state index contributed by atoms with van der Waals surface area (Å²) in [6, 6.07) is 8.99. The van der Waals surface area contributed by atoms with Gasteiger partial charge in [0, 0.05) is 30.9 Å². The molecule has 0 unspecified atom stereocenters. The topological polar surface area (TPSA) is 15.3 Å². The molecule has 2 nitrogen and oxygen atoms in total. The lowest BCUT2D eigenvalue weighted by Gasteiger charge is -2.39. The van der Waals surface area contributed by atoms with Gasteiger partial charge in [-0.15, -0.1) is 0 Å². The highest BCUT2D eigenvalue weighted by atomic mass is 15.1. The summed E-state index contributed by atoms with van der Waals surface area (Å²) in [5.41, 5.74) is 3.12. The average Bonchev–Trinajstić information content (AvgIpc) is 2.37. The molecule has 100 valence electrons. The van der Waals surface area contributed by atoms with Gasteiger partial charge in [0.2, 0.25) is 0 Å². The molecule has 2 heteroatoms. The fraction of sp³-hybridized carbons (Fsp3) is 0.625. The normalized spacial score (nSPS) is 17.3. The van der Waals surface area contributed by atoms with E-state index in [-0.39, 0.29) is 0 Å².